The molecule has 0 aromatic heterocycles. The molecule has 0 bridgehead atoms. The minimum absolute atomic E-state index is 0.435. The Morgan fingerprint density at radius 1 is 1.00 bits per heavy atom. The van der Waals surface area contributed by atoms with Gasteiger partial charge < -0.3 is 9.64 Å². The van der Waals surface area contributed by atoms with Crippen LogP contribution in [0.5, 0.6) is 5.75 Å². The Morgan fingerprint density at radius 3 is 2.33 bits per heavy atom. The van der Waals surface area contributed by atoms with Gasteiger partial charge in [-0.05, 0) is 44.8 Å². The van der Waals surface area contributed by atoms with Crippen LogP contribution in [-0.2, 0) is 0 Å². The summed E-state index contributed by atoms with van der Waals surface area (Å²) in [4.78, 5) is 3.44. The molecule has 0 amide bonds. The van der Waals surface area contributed by atoms with E-state index in [4.69, 9.17) is 4.74 Å². The second kappa shape index (κ2) is 8.11. The third-order valence-electron chi connectivity index (χ3n) is 3.35. The summed E-state index contributed by atoms with van der Waals surface area (Å²) in [5.41, 5.74) is 1.37. The van der Waals surface area contributed by atoms with Crippen LogP contribution in [0.25, 0.3) is 0 Å². The van der Waals surface area contributed by atoms with Gasteiger partial charge in [-0.25, -0.2) is 0 Å². The standard InChI is InChI=1S/C18H23NOS/c1-19(2)14-13-17(15-9-5-4-6-10-15)21-18-12-8-7-11-16(18)20-3/h4-12,17H,13-14H2,1-3H3/t17-/m0/s1. The van der Waals surface area contributed by atoms with E-state index in [9.17, 15) is 0 Å². The van der Waals surface area contributed by atoms with E-state index in [1.54, 1.807) is 7.11 Å². The van der Waals surface area contributed by atoms with Crippen LogP contribution >= 0.6 is 11.8 Å². The van der Waals surface area contributed by atoms with Gasteiger partial charge >= 0.3 is 0 Å². The first kappa shape index (κ1) is 15.9. The van der Waals surface area contributed by atoms with E-state index in [0.717, 1.165) is 18.7 Å². The Bertz CT molecular complexity index is 542. The minimum Gasteiger partial charge on any atom is -0.496 e. The SMILES string of the molecule is COc1ccccc1S[C@@H](CCN(C)C)c1ccccc1. The molecule has 0 aliphatic carbocycles. The lowest BCUT2D eigenvalue weighted by atomic mass is 10.1. The van der Waals surface area contributed by atoms with E-state index in [2.05, 4.69) is 61.5 Å². The molecule has 0 saturated heterocycles. The number of ether oxygens (including phenoxy) is 1. The monoisotopic (exact) mass is 301 g/mol. The molecule has 0 saturated carbocycles. The molecule has 112 valence electrons. The van der Waals surface area contributed by atoms with Crippen molar-refractivity contribution >= 4 is 11.8 Å². The van der Waals surface area contributed by atoms with Crippen LogP contribution in [0.4, 0.5) is 0 Å². The summed E-state index contributed by atoms with van der Waals surface area (Å²) in [7, 11) is 5.97. The predicted octanol–water partition coefficient (Wildman–Crippen LogP) is 4.48. The molecule has 0 unspecified atom stereocenters. The maximum atomic E-state index is 5.48. The van der Waals surface area contributed by atoms with Gasteiger partial charge in [0, 0.05) is 10.1 Å². The second-order valence-electron chi connectivity index (χ2n) is 5.26. The average molecular weight is 301 g/mol. The number of methoxy groups -OCH3 is 1. The molecule has 2 aromatic carbocycles. The molecule has 3 heteroatoms. The zero-order valence-electron chi connectivity index (χ0n) is 13.0. The summed E-state index contributed by atoms with van der Waals surface area (Å²) in [5.74, 6) is 0.952. The van der Waals surface area contributed by atoms with Gasteiger partial charge in [-0.1, -0.05) is 42.5 Å². The van der Waals surface area contributed by atoms with E-state index >= 15 is 0 Å². The first-order chi connectivity index (χ1) is 10.2. The molecule has 1 atom stereocenters. The van der Waals surface area contributed by atoms with Crippen LogP contribution in [0.3, 0.4) is 0 Å². The molecule has 2 aromatic rings. The van der Waals surface area contributed by atoms with Gasteiger partial charge in [0.25, 0.3) is 0 Å². The van der Waals surface area contributed by atoms with Gasteiger partial charge in [0.15, 0.2) is 0 Å². The molecule has 0 heterocycles. The third kappa shape index (κ3) is 4.80. The molecule has 0 fully saturated rings. The van der Waals surface area contributed by atoms with Crippen molar-refractivity contribution in [2.24, 2.45) is 0 Å². The number of nitrogens with zero attached hydrogens (tertiary/aromatic N) is 1. The first-order valence-electron chi connectivity index (χ1n) is 7.20. The Kier molecular flexibility index (Phi) is 6.15. The van der Waals surface area contributed by atoms with Crippen molar-refractivity contribution in [2.75, 3.05) is 27.7 Å². The molecule has 0 N–H and O–H groups in total. The molecular weight excluding hydrogens is 278 g/mol. The van der Waals surface area contributed by atoms with Gasteiger partial charge in [-0.2, -0.15) is 0 Å². The predicted molar refractivity (Wildman–Crippen MR) is 91.2 cm³/mol. The number of benzene rings is 2. The summed E-state index contributed by atoms with van der Waals surface area (Å²) in [6.07, 6.45) is 1.11. The van der Waals surface area contributed by atoms with Crippen molar-refractivity contribution in [3.05, 3.63) is 60.2 Å². The summed E-state index contributed by atoms with van der Waals surface area (Å²) in [6.45, 7) is 1.07. The number of rotatable bonds is 7. The van der Waals surface area contributed by atoms with Gasteiger partial charge in [-0.3, -0.25) is 0 Å². The number of para-hydroxylation sites is 1. The van der Waals surface area contributed by atoms with Crippen LogP contribution < -0.4 is 4.74 Å². The Balaban J connectivity index is 2.19. The maximum absolute atomic E-state index is 5.48. The molecule has 0 aliphatic heterocycles. The van der Waals surface area contributed by atoms with Crippen molar-refractivity contribution in [2.45, 2.75) is 16.6 Å². The van der Waals surface area contributed by atoms with Crippen LogP contribution in [-0.4, -0.2) is 32.6 Å². The average Bonchev–Trinajstić information content (AvgIpc) is 2.52. The van der Waals surface area contributed by atoms with Gasteiger partial charge in [0.1, 0.15) is 5.75 Å². The highest BCUT2D eigenvalue weighted by molar-refractivity contribution is 7.99. The van der Waals surface area contributed by atoms with Crippen molar-refractivity contribution in [1.29, 1.82) is 0 Å². The van der Waals surface area contributed by atoms with Crippen LogP contribution in [0.2, 0.25) is 0 Å². The summed E-state index contributed by atoms with van der Waals surface area (Å²) in [6, 6.07) is 19.0. The highest BCUT2D eigenvalue weighted by Gasteiger charge is 2.15. The van der Waals surface area contributed by atoms with Crippen LogP contribution in [0.15, 0.2) is 59.5 Å². The van der Waals surface area contributed by atoms with Crippen molar-refractivity contribution < 1.29 is 4.74 Å². The zero-order valence-corrected chi connectivity index (χ0v) is 13.8. The Hall–Kier alpha value is -1.45. The fraction of sp³-hybridized carbons (Fsp3) is 0.333. The number of hydrogen-bond acceptors (Lipinski definition) is 3. The highest BCUT2D eigenvalue weighted by Crippen LogP contribution is 2.41. The lowest BCUT2D eigenvalue weighted by Crippen LogP contribution is -2.15. The molecule has 21 heavy (non-hydrogen) atoms. The van der Waals surface area contributed by atoms with E-state index in [1.165, 1.54) is 10.5 Å². The topological polar surface area (TPSA) is 12.5 Å². The first-order valence-corrected chi connectivity index (χ1v) is 8.08. The summed E-state index contributed by atoms with van der Waals surface area (Å²) in [5, 5.41) is 0.435. The van der Waals surface area contributed by atoms with Crippen molar-refractivity contribution in [3.8, 4) is 5.75 Å². The largest absolute Gasteiger partial charge is 0.496 e. The second-order valence-corrected chi connectivity index (χ2v) is 6.50. The normalized spacial score (nSPS) is 12.4. The maximum Gasteiger partial charge on any atom is 0.132 e. The van der Waals surface area contributed by atoms with Crippen LogP contribution in [0, 0.1) is 0 Å². The van der Waals surface area contributed by atoms with Crippen molar-refractivity contribution in [1.82, 2.24) is 4.90 Å². The molecule has 0 spiro atoms. The van der Waals surface area contributed by atoms with Gasteiger partial charge in [0.2, 0.25) is 0 Å². The Labute approximate surface area is 132 Å². The third-order valence-corrected chi connectivity index (χ3v) is 4.73. The summed E-state index contributed by atoms with van der Waals surface area (Å²) < 4.78 is 5.48. The van der Waals surface area contributed by atoms with Gasteiger partial charge in [0.05, 0.1) is 7.11 Å². The van der Waals surface area contributed by atoms with E-state index in [1.807, 2.05) is 23.9 Å². The van der Waals surface area contributed by atoms with Crippen molar-refractivity contribution in [3.63, 3.8) is 0 Å². The van der Waals surface area contributed by atoms with E-state index in [-0.39, 0.29) is 0 Å². The summed E-state index contributed by atoms with van der Waals surface area (Å²) >= 11 is 1.88. The van der Waals surface area contributed by atoms with Crippen LogP contribution in [0.1, 0.15) is 17.2 Å². The smallest absolute Gasteiger partial charge is 0.132 e. The Morgan fingerprint density at radius 2 is 1.67 bits per heavy atom. The minimum atomic E-state index is 0.435. The quantitative estimate of drug-likeness (QED) is 0.700. The van der Waals surface area contributed by atoms with E-state index < -0.39 is 0 Å². The zero-order chi connectivity index (χ0) is 15.1. The molecule has 0 aliphatic rings. The molecule has 2 nitrogen and oxygen atoms in total. The molecule has 0 radical (unpaired) electrons. The number of thioether (sulfide) groups is 1. The molecular formula is C18H23NOS. The lowest BCUT2D eigenvalue weighted by Gasteiger charge is -2.20. The van der Waals surface area contributed by atoms with E-state index in [0.29, 0.717) is 5.25 Å². The number of hydrogen-bond donors (Lipinski definition) is 0. The molecule has 2 rings (SSSR count). The fourth-order valence-corrected chi connectivity index (χ4v) is 3.45. The lowest BCUT2D eigenvalue weighted by molar-refractivity contribution is 0.397. The fourth-order valence-electron chi connectivity index (χ4n) is 2.21. The van der Waals surface area contributed by atoms with Gasteiger partial charge in [-0.15, -0.1) is 11.8 Å². The highest BCUT2D eigenvalue weighted by atomic mass is 32.2.